The minimum atomic E-state index is -0.845. The third-order valence-corrected chi connectivity index (χ3v) is 2.20. The number of halogens is 1. The quantitative estimate of drug-likeness (QED) is 0.388. The first-order valence-corrected chi connectivity index (χ1v) is 5.24. The topological polar surface area (TPSA) is 70.3 Å². The number of benzene rings is 1. The zero-order valence-corrected chi connectivity index (χ0v) is 9.86. The predicted octanol–water partition coefficient (Wildman–Crippen LogP) is 2.70. The van der Waals surface area contributed by atoms with Crippen LogP contribution in [-0.4, -0.2) is 17.7 Å². The van der Waals surface area contributed by atoms with Crippen LogP contribution in [0.2, 0.25) is 5.02 Å². The van der Waals surface area contributed by atoms with E-state index >= 15 is 0 Å². The maximum absolute atomic E-state index is 11.4. The van der Waals surface area contributed by atoms with E-state index in [1.165, 1.54) is 12.1 Å². The molecule has 0 bridgehead atoms. The first kappa shape index (κ1) is 13.1. The van der Waals surface area contributed by atoms with Crippen LogP contribution >= 0.6 is 11.6 Å². The Labute approximate surface area is 104 Å². The summed E-state index contributed by atoms with van der Waals surface area (Å²) in [5, 5.41) is 19.1. The zero-order chi connectivity index (χ0) is 12.8. The van der Waals surface area contributed by atoms with Crippen molar-refractivity contribution in [3.05, 3.63) is 40.4 Å². The highest BCUT2D eigenvalue weighted by Gasteiger charge is 2.17. The molecule has 88 valence electrons. The monoisotopic (exact) mass is 251 g/mol. The van der Waals surface area contributed by atoms with E-state index in [-0.39, 0.29) is 6.61 Å². The summed E-state index contributed by atoms with van der Waals surface area (Å²) in [4.78, 5) is 11.4. The third kappa shape index (κ3) is 3.23. The van der Waals surface area contributed by atoms with Crippen molar-refractivity contribution in [1.82, 2.24) is 0 Å². The molecule has 0 radical (unpaired) electrons. The minimum absolute atomic E-state index is 0.137. The van der Waals surface area contributed by atoms with Gasteiger partial charge in [-0.25, -0.2) is 4.79 Å². The van der Waals surface area contributed by atoms with Crippen LogP contribution in [0.3, 0.4) is 0 Å². The summed E-state index contributed by atoms with van der Waals surface area (Å²) in [6.07, 6.45) is 0. The second kappa shape index (κ2) is 5.92. The first-order chi connectivity index (χ1) is 8.10. The van der Waals surface area contributed by atoms with Crippen LogP contribution in [0.15, 0.2) is 29.8 Å². The summed E-state index contributed by atoms with van der Waals surface area (Å²) in [5.74, 6) is -1.26. The molecule has 0 amide bonds. The van der Waals surface area contributed by atoms with Crippen molar-refractivity contribution in [3.63, 3.8) is 0 Å². The smallest absolute Gasteiger partial charge is 0.352 e. The standard InChI is InChI=1S/C12H10ClNO3/c1-2-17-12(16)10(7-14)11(15)8-3-5-9(13)6-4-8/h3-6,15H,2H2,1H3/b11-10+. The predicted molar refractivity (Wildman–Crippen MR) is 63.2 cm³/mol. The Kier molecular flexibility index (Phi) is 4.56. The normalized spacial score (nSPS) is 11.4. The second-order valence-electron chi connectivity index (χ2n) is 3.06. The number of aliphatic hydroxyl groups is 1. The molecule has 0 aromatic heterocycles. The van der Waals surface area contributed by atoms with Gasteiger partial charge in [-0.05, 0) is 31.2 Å². The maximum Gasteiger partial charge on any atom is 0.352 e. The number of carbonyl (C=O) groups excluding carboxylic acids is 1. The molecule has 1 N–H and O–H groups in total. The van der Waals surface area contributed by atoms with E-state index in [1.807, 2.05) is 0 Å². The Morgan fingerprint density at radius 3 is 2.53 bits per heavy atom. The van der Waals surface area contributed by atoms with Gasteiger partial charge in [0, 0.05) is 10.6 Å². The summed E-state index contributed by atoms with van der Waals surface area (Å²) in [6, 6.07) is 7.74. The zero-order valence-electron chi connectivity index (χ0n) is 9.11. The van der Waals surface area contributed by atoms with Crippen LogP contribution in [0.25, 0.3) is 5.76 Å². The van der Waals surface area contributed by atoms with E-state index in [0.717, 1.165) is 0 Å². The first-order valence-electron chi connectivity index (χ1n) is 4.86. The molecule has 1 rings (SSSR count). The average Bonchev–Trinajstić information content (AvgIpc) is 2.31. The fourth-order valence-corrected chi connectivity index (χ4v) is 1.28. The van der Waals surface area contributed by atoms with E-state index in [4.69, 9.17) is 16.9 Å². The molecule has 0 saturated heterocycles. The largest absolute Gasteiger partial charge is 0.506 e. The van der Waals surface area contributed by atoms with Crippen molar-refractivity contribution in [1.29, 1.82) is 5.26 Å². The molecule has 17 heavy (non-hydrogen) atoms. The molecule has 0 aliphatic carbocycles. The van der Waals surface area contributed by atoms with E-state index in [9.17, 15) is 9.90 Å². The molecule has 0 atom stereocenters. The van der Waals surface area contributed by atoms with Crippen LogP contribution in [0, 0.1) is 11.3 Å². The number of rotatable bonds is 3. The Bertz CT molecular complexity index is 485. The second-order valence-corrected chi connectivity index (χ2v) is 3.50. The Hall–Kier alpha value is -1.99. The molecule has 5 heteroatoms. The molecule has 1 aromatic carbocycles. The molecule has 0 heterocycles. The van der Waals surface area contributed by atoms with Gasteiger partial charge in [-0.3, -0.25) is 0 Å². The number of hydrogen-bond donors (Lipinski definition) is 1. The lowest BCUT2D eigenvalue weighted by Crippen LogP contribution is -2.08. The van der Waals surface area contributed by atoms with Crippen molar-refractivity contribution in [2.24, 2.45) is 0 Å². The lowest BCUT2D eigenvalue weighted by molar-refractivity contribution is -0.138. The summed E-state index contributed by atoms with van der Waals surface area (Å²) in [6.45, 7) is 1.75. The number of aliphatic hydroxyl groups excluding tert-OH is 1. The summed E-state index contributed by atoms with van der Waals surface area (Å²) in [5.41, 5.74) is -0.0897. The van der Waals surface area contributed by atoms with Crippen molar-refractivity contribution < 1.29 is 14.6 Å². The van der Waals surface area contributed by atoms with E-state index in [2.05, 4.69) is 4.74 Å². The van der Waals surface area contributed by atoms with Gasteiger partial charge in [0.15, 0.2) is 5.57 Å². The lowest BCUT2D eigenvalue weighted by atomic mass is 10.1. The van der Waals surface area contributed by atoms with Gasteiger partial charge in [-0.1, -0.05) is 11.6 Å². The van der Waals surface area contributed by atoms with Crippen molar-refractivity contribution in [3.8, 4) is 6.07 Å². The van der Waals surface area contributed by atoms with Crippen molar-refractivity contribution in [2.45, 2.75) is 6.92 Å². The van der Waals surface area contributed by atoms with Crippen molar-refractivity contribution in [2.75, 3.05) is 6.61 Å². The maximum atomic E-state index is 11.4. The lowest BCUT2D eigenvalue weighted by Gasteiger charge is -2.04. The molecule has 0 aliphatic heterocycles. The molecule has 4 nitrogen and oxygen atoms in total. The Balaban J connectivity index is 3.13. The van der Waals surface area contributed by atoms with Crippen LogP contribution in [0.5, 0.6) is 0 Å². The summed E-state index contributed by atoms with van der Waals surface area (Å²) in [7, 11) is 0. The van der Waals surface area contributed by atoms with Crippen molar-refractivity contribution >= 4 is 23.3 Å². The molecule has 0 saturated carbocycles. The summed E-state index contributed by atoms with van der Waals surface area (Å²) >= 11 is 5.69. The highest BCUT2D eigenvalue weighted by atomic mass is 35.5. The number of hydrogen-bond acceptors (Lipinski definition) is 4. The Morgan fingerprint density at radius 1 is 1.47 bits per heavy atom. The highest BCUT2D eigenvalue weighted by Crippen LogP contribution is 2.19. The number of nitriles is 1. The van der Waals surface area contributed by atoms with Crippen LogP contribution in [0.1, 0.15) is 12.5 Å². The fraction of sp³-hybridized carbons (Fsp3) is 0.167. The van der Waals surface area contributed by atoms with E-state index in [1.54, 1.807) is 25.1 Å². The van der Waals surface area contributed by atoms with Crippen LogP contribution in [0.4, 0.5) is 0 Å². The fourth-order valence-electron chi connectivity index (χ4n) is 1.15. The minimum Gasteiger partial charge on any atom is -0.506 e. The summed E-state index contributed by atoms with van der Waals surface area (Å²) < 4.78 is 4.66. The van der Waals surface area contributed by atoms with Gasteiger partial charge in [0.2, 0.25) is 0 Å². The molecule has 1 aromatic rings. The van der Waals surface area contributed by atoms with Gasteiger partial charge in [0.25, 0.3) is 0 Å². The number of nitrogens with zero attached hydrogens (tertiary/aromatic N) is 1. The Morgan fingerprint density at radius 2 is 2.06 bits per heavy atom. The van der Waals surface area contributed by atoms with E-state index in [0.29, 0.717) is 10.6 Å². The SMILES string of the molecule is CCOC(=O)/C(C#N)=C(/O)c1ccc(Cl)cc1. The van der Waals surface area contributed by atoms with Crippen LogP contribution in [-0.2, 0) is 9.53 Å². The average molecular weight is 252 g/mol. The van der Waals surface area contributed by atoms with Gasteiger partial charge in [0.1, 0.15) is 11.8 Å². The van der Waals surface area contributed by atoms with Gasteiger partial charge < -0.3 is 9.84 Å². The third-order valence-electron chi connectivity index (χ3n) is 1.95. The molecular formula is C12H10ClNO3. The molecule has 0 aliphatic rings. The number of carbonyl (C=O) groups is 1. The number of esters is 1. The van der Waals surface area contributed by atoms with Gasteiger partial charge >= 0.3 is 5.97 Å². The van der Waals surface area contributed by atoms with E-state index < -0.39 is 17.3 Å². The van der Waals surface area contributed by atoms with Gasteiger partial charge in [0.05, 0.1) is 6.61 Å². The molecule has 0 fully saturated rings. The molecule has 0 unspecified atom stereocenters. The highest BCUT2D eigenvalue weighted by molar-refractivity contribution is 6.30. The van der Waals surface area contributed by atoms with Gasteiger partial charge in [-0.2, -0.15) is 5.26 Å². The van der Waals surface area contributed by atoms with Gasteiger partial charge in [-0.15, -0.1) is 0 Å². The molecule has 0 spiro atoms. The number of ether oxygens (including phenoxy) is 1. The molecular weight excluding hydrogens is 242 g/mol. The van der Waals surface area contributed by atoms with Crippen LogP contribution < -0.4 is 0 Å².